The first-order valence-electron chi connectivity index (χ1n) is 3.03. The maximum absolute atomic E-state index is 5.25. The van der Waals surface area contributed by atoms with Crippen molar-refractivity contribution < 1.29 is 4.74 Å². The number of nitrogens with two attached hydrogens (primary N) is 1. The number of nitrogen functional groups attached to an aromatic ring is 1. The summed E-state index contributed by atoms with van der Waals surface area (Å²) in [5.74, 6) is 0.917. The lowest BCUT2D eigenvalue weighted by Gasteiger charge is -1.99. The topological polar surface area (TPSA) is 61.0 Å². The summed E-state index contributed by atoms with van der Waals surface area (Å²) in [5.41, 5.74) is 5.25. The van der Waals surface area contributed by atoms with Gasteiger partial charge in [-0.25, -0.2) is 9.97 Å². The van der Waals surface area contributed by atoms with Crippen molar-refractivity contribution in [3.05, 3.63) is 12.4 Å². The second-order valence-corrected chi connectivity index (χ2v) is 1.71. The molecule has 10 heavy (non-hydrogen) atoms. The molecule has 0 saturated carbocycles. The van der Waals surface area contributed by atoms with Gasteiger partial charge in [-0.1, -0.05) is 0 Å². The minimum absolute atomic E-state index is 0.267. The number of nitrogens with zero attached hydrogens (tertiary/aromatic N) is 2. The van der Waals surface area contributed by atoms with E-state index in [0.29, 0.717) is 12.4 Å². The number of aromatic nitrogens is 2. The van der Waals surface area contributed by atoms with E-state index >= 15 is 0 Å². The highest BCUT2D eigenvalue weighted by atomic mass is 16.5. The maximum atomic E-state index is 5.25. The van der Waals surface area contributed by atoms with Crippen LogP contribution in [-0.2, 0) is 0 Å². The summed E-state index contributed by atoms with van der Waals surface area (Å²) >= 11 is 0. The lowest BCUT2D eigenvalue weighted by molar-refractivity contribution is 0.337. The van der Waals surface area contributed by atoms with Crippen molar-refractivity contribution in [2.75, 3.05) is 12.3 Å². The number of rotatable bonds is 2. The van der Waals surface area contributed by atoms with Gasteiger partial charge in [0.05, 0.1) is 19.0 Å². The monoisotopic (exact) mass is 139 g/mol. The third-order valence-electron chi connectivity index (χ3n) is 0.959. The van der Waals surface area contributed by atoms with E-state index in [2.05, 4.69) is 9.97 Å². The van der Waals surface area contributed by atoms with Gasteiger partial charge < -0.3 is 10.5 Å². The molecule has 4 heteroatoms. The number of hydrogen-bond donors (Lipinski definition) is 1. The van der Waals surface area contributed by atoms with Crippen molar-refractivity contribution in [2.24, 2.45) is 0 Å². The van der Waals surface area contributed by atoms with E-state index in [9.17, 15) is 0 Å². The largest absolute Gasteiger partial charge is 0.491 e. The lowest BCUT2D eigenvalue weighted by Crippen LogP contribution is -1.96. The highest BCUT2D eigenvalue weighted by molar-refractivity contribution is 5.20. The Balaban J connectivity index is 2.69. The molecular weight excluding hydrogens is 130 g/mol. The molecule has 0 bridgehead atoms. The van der Waals surface area contributed by atoms with Crippen molar-refractivity contribution in [2.45, 2.75) is 6.92 Å². The molecule has 0 saturated heterocycles. The van der Waals surface area contributed by atoms with E-state index in [1.807, 2.05) is 6.92 Å². The SMILES string of the molecule is CCOc1cnc(N)nc1. The van der Waals surface area contributed by atoms with Crippen LogP contribution in [0.15, 0.2) is 12.4 Å². The second kappa shape index (κ2) is 3.00. The molecule has 1 rings (SSSR count). The second-order valence-electron chi connectivity index (χ2n) is 1.71. The Morgan fingerprint density at radius 1 is 1.50 bits per heavy atom. The highest BCUT2D eigenvalue weighted by Gasteiger charge is 1.91. The van der Waals surface area contributed by atoms with Crippen molar-refractivity contribution in [1.29, 1.82) is 0 Å². The van der Waals surface area contributed by atoms with E-state index < -0.39 is 0 Å². The predicted molar refractivity (Wildman–Crippen MR) is 37.6 cm³/mol. The molecule has 0 amide bonds. The molecule has 2 N–H and O–H groups in total. The van der Waals surface area contributed by atoms with Gasteiger partial charge in [-0.2, -0.15) is 0 Å². The van der Waals surface area contributed by atoms with Gasteiger partial charge in [0.1, 0.15) is 0 Å². The van der Waals surface area contributed by atoms with Gasteiger partial charge in [0.15, 0.2) is 5.75 Å². The van der Waals surface area contributed by atoms with E-state index in [1.54, 1.807) is 12.4 Å². The zero-order chi connectivity index (χ0) is 7.40. The molecule has 1 heterocycles. The zero-order valence-corrected chi connectivity index (χ0v) is 5.74. The fourth-order valence-electron chi connectivity index (χ4n) is 0.567. The first-order chi connectivity index (χ1) is 4.83. The quantitative estimate of drug-likeness (QED) is 0.646. The van der Waals surface area contributed by atoms with Crippen LogP contribution in [0.5, 0.6) is 5.75 Å². The minimum atomic E-state index is 0.267. The molecule has 0 radical (unpaired) electrons. The molecule has 54 valence electrons. The lowest BCUT2D eigenvalue weighted by atomic mass is 10.6. The van der Waals surface area contributed by atoms with Gasteiger partial charge in [-0.05, 0) is 6.92 Å². The van der Waals surface area contributed by atoms with E-state index in [0.717, 1.165) is 0 Å². The molecule has 4 nitrogen and oxygen atoms in total. The summed E-state index contributed by atoms with van der Waals surface area (Å²) in [7, 11) is 0. The Labute approximate surface area is 59.1 Å². The van der Waals surface area contributed by atoms with E-state index in [-0.39, 0.29) is 5.95 Å². The van der Waals surface area contributed by atoms with Crippen LogP contribution in [0.1, 0.15) is 6.92 Å². The summed E-state index contributed by atoms with van der Waals surface area (Å²) in [4.78, 5) is 7.48. The predicted octanol–water partition coefficient (Wildman–Crippen LogP) is 0.458. The van der Waals surface area contributed by atoms with Crippen LogP contribution in [0, 0.1) is 0 Å². The smallest absolute Gasteiger partial charge is 0.220 e. The maximum Gasteiger partial charge on any atom is 0.220 e. The molecule has 0 atom stereocenters. The summed E-state index contributed by atoms with van der Waals surface area (Å²) in [5, 5.41) is 0. The first kappa shape index (κ1) is 6.80. The van der Waals surface area contributed by atoms with Crippen LogP contribution in [0.25, 0.3) is 0 Å². The number of anilines is 1. The molecule has 0 aliphatic heterocycles. The van der Waals surface area contributed by atoms with Gasteiger partial charge in [0.2, 0.25) is 5.95 Å². The standard InChI is InChI=1S/C6H9N3O/c1-2-10-5-3-8-6(7)9-4-5/h3-4H,2H2,1H3,(H2,7,8,9). The summed E-state index contributed by atoms with van der Waals surface area (Å²) in [6, 6.07) is 0. The molecule has 0 fully saturated rings. The fraction of sp³-hybridized carbons (Fsp3) is 0.333. The third-order valence-corrected chi connectivity index (χ3v) is 0.959. The van der Waals surface area contributed by atoms with Crippen LogP contribution in [-0.4, -0.2) is 16.6 Å². The van der Waals surface area contributed by atoms with Crippen molar-refractivity contribution in [3.8, 4) is 5.75 Å². The average Bonchev–Trinajstić information content (AvgIpc) is 1.95. The zero-order valence-electron chi connectivity index (χ0n) is 5.74. The van der Waals surface area contributed by atoms with Gasteiger partial charge in [-0.3, -0.25) is 0 Å². The summed E-state index contributed by atoms with van der Waals surface area (Å²) < 4.78 is 5.08. The molecule has 0 unspecified atom stereocenters. The van der Waals surface area contributed by atoms with Gasteiger partial charge in [0, 0.05) is 0 Å². The van der Waals surface area contributed by atoms with Crippen molar-refractivity contribution in [1.82, 2.24) is 9.97 Å². The Morgan fingerprint density at radius 2 is 2.10 bits per heavy atom. The van der Waals surface area contributed by atoms with Gasteiger partial charge in [-0.15, -0.1) is 0 Å². The highest BCUT2D eigenvalue weighted by Crippen LogP contribution is 2.05. The van der Waals surface area contributed by atoms with Gasteiger partial charge in [0.25, 0.3) is 0 Å². The van der Waals surface area contributed by atoms with E-state index in [1.165, 1.54) is 0 Å². The molecule has 0 aromatic carbocycles. The molecule has 0 aliphatic rings. The summed E-state index contributed by atoms with van der Waals surface area (Å²) in [6.07, 6.45) is 3.09. The van der Waals surface area contributed by atoms with Crippen LogP contribution in [0.3, 0.4) is 0 Å². The molecule has 1 aromatic rings. The molecule has 0 aliphatic carbocycles. The number of ether oxygens (including phenoxy) is 1. The van der Waals surface area contributed by atoms with Crippen LogP contribution < -0.4 is 10.5 Å². The van der Waals surface area contributed by atoms with Crippen LogP contribution in [0.4, 0.5) is 5.95 Å². The minimum Gasteiger partial charge on any atom is -0.491 e. The average molecular weight is 139 g/mol. The number of hydrogen-bond acceptors (Lipinski definition) is 4. The normalized spacial score (nSPS) is 9.30. The molecular formula is C6H9N3O. The van der Waals surface area contributed by atoms with E-state index in [4.69, 9.17) is 10.5 Å². The molecule has 1 aromatic heterocycles. The Morgan fingerprint density at radius 3 is 2.60 bits per heavy atom. The molecule has 0 spiro atoms. The summed E-state index contributed by atoms with van der Waals surface area (Å²) in [6.45, 7) is 2.52. The van der Waals surface area contributed by atoms with Crippen LogP contribution in [0.2, 0.25) is 0 Å². The van der Waals surface area contributed by atoms with Crippen LogP contribution >= 0.6 is 0 Å². The Bertz CT molecular complexity index is 197. The first-order valence-corrected chi connectivity index (χ1v) is 3.03. The fourth-order valence-corrected chi connectivity index (χ4v) is 0.567. The Hall–Kier alpha value is -1.32. The van der Waals surface area contributed by atoms with Crippen molar-refractivity contribution in [3.63, 3.8) is 0 Å². The van der Waals surface area contributed by atoms with Gasteiger partial charge >= 0.3 is 0 Å². The van der Waals surface area contributed by atoms with Crippen molar-refractivity contribution >= 4 is 5.95 Å². The third kappa shape index (κ3) is 1.58. The Kier molecular flexibility index (Phi) is 2.04.